The Hall–Kier alpha value is -2.82. The number of nitrogens with zero attached hydrogens (tertiary/aromatic N) is 2. The van der Waals surface area contributed by atoms with Crippen LogP contribution in [-0.4, -0.2) is 32.5 Å². The topological polar surface area (TPSA) is 52.7 Å². The Kier molecular flexibility index (Phi) is 5.80. The summed E-state index contributed by atoms with van der Waals surface area (Å²) < 4.78 is 0. The minimum absolute atomic E-state index is 0.0192. The fraction of sp³-hybridized carbons (Fsp3) is 0.300. The Balaban J connectivity index is 2.11. The van der Waals surface area contributed by atoms with E-state index in [0.717, 1.165) is 22.5 Å². The highest BCUT2D eigenvalue weighted by Gasteiger charge is 2.17. The molecule has 0 fully saturated rings. The number of anilines is 3. The number of amides is 2. The quantitative estimate of drug-likeness (QED) is 0.909. The molecule has 0 aliphatic carbocycles. The van der Waals surface area contributed by atoms with Crippen molar-refractivity contribution in [3.63, 3.8) is 0 Å². The largest absolute Gasteiger partial charge is 0.378 e. The number of nitrogens with one attached hydrogen (secondary N) is 1. The van der Waals surface area contributed by atoms with Gasteiger partial charge in [-0.05, 0) is 49.7 Å². The third-order valence-electron chi connectivity index (χ3n) is 3.99. The third-order valence-corrected chi connectivity index (χ3v) is 3.99. The maximum atomic E-state index is 12.4. The summed E-state index contributed by atoms with van der Waals surface area (Å²) in [6, 6.07) is 13.4. The SMILES string of the molecule is CC(=O)N(CC(=O)Nc1ccc(N(C)C)cc1)c1ccc(C)cc1C. The molecule has 0 saturated heterocycles. The first kappa shape index (κ1) is 18.5. The first-order chi connectivity index (χ1) is 11.8. The molecule has 5 nitrogen and oxygen atoms in total. The number of hydrogen-bond donors (Lipinski definition) is 1. The molecule has 0 unspecified atom stereocenters. The van der Waals surface area contributed by atoms with Crippen LogP contribution in [-0.2, 0) is 9.59 Å². The molecule has 2 aromatic rings. The van der Waals surface area contributed by atoms with Gasteiger partial charge in [0.15, 0.2) is 0 Å². The van der Waals surface area contributed by atoms with Crippen molar-refractivity contribution in [2.45, 2.75) is 20.8 Å². The van der Waals surface area contributed by atoms with Crippen LogP contribution in [0.3, 0.4) is 0 Å². The molecule has 1 N–H and O–H groups in total. The van der Waals surface area contributed by atoms with E-state index in [0.29, 0.717) is 5.69 Å². The van der Waals surface area contributed by atoms with Gasteiger partial charge < -0.3 is 15.1 Å². The van der Waals surface area contributed by atoms with Gasteiger partial charge in [0.1, 0.15) is 6.54 Å². The third kappa shape index (κ3) is 4.83. The highest BCUT2D eigenvalue weighted by Crippen LogP contribution is 2.22. The van der Waals surface area contributed by atoms with E-state index in [2.05, 4.69) is 5.32 Å². The molecule has 132 valence electrons. The molecule has 25 heavy (non-hydrogen) atoms. The first-order valence-electron chi connectivity index (χ1n) is 8.20. The van der Waals surface area contributed by atoms with Crippen molar-refractivity contribution in [1.82, 2.24) is 0 Å². The zero-order valence-corrected chi connectivity index (χ0v) is 15.5. The van der Waals surface area contributed by atoms with Crippen molar-refractivity contribution in [2.24, 2.45) is 0 Å². The molecular weight excluding hydrogens is 314 g/mol. The summed E-state index contributed by atoms with van der Waals surface area (Å²) in [5, 5.41) is 2.84. The molecule has 0 bridgehead atoms. The lowest BCUT2D eigenvalue weighted by atomic mass is 10.1. The zero-order chi connectivity index (χ0) is 18.6. The number of carbonyl (C=O) groups excluding carboxylic acids is 2. The van der Waals surface area contributed by atoms with Gasteiger partial charge in [0.05, 0.1) is 0 Å². The molecule has 5 heteroatoms. The van der Waals surface area contributed by atoms with Crippen LogP contribution in [0.5, 0.6) is 0 Å². The fourth-order valence-electron chi connectivity index (χ4n) is 2.66. The Bertz CT molecular complexity index is 767. The molecule has 0 aliphatic rings. The molecule has 2 rings (SSSR count). The fourth-order valence-corrected chi connectivity index (χ4v) is 2.66. The van der Waals surface area contributed by atoms with Crippen molar-refractivity contribution < 1.29 is 9.59 Å². The van der Waals surface area contributed by atoms with Gasteiger partial charge in [-0.2, -0.15) is 0 Å². The zero-order valence-electron chi connectivity index (χ0n) is 15.5. The molecule has 0 aliphatic heterocycles. The molecule has 0 radical (unpaired) electrons. The van der Waals surface area contributed by atoms with Crippen LogP contribution in [0.25, 0.3) is 0 Å². The number of hydrogen-bond acceptors (Lipinski definition) is 3. The monoisotopic (exact) mass is 339 g/mol. The van der Waals surface area contributed by atoms with E-state index < -0.39 is 0 Å². The second-order valence-corrected chi connectivity index (χ2v) is 6.38. The molecule has 0 saturated carbocycles. The van der Waals surface area contributed by atoms with E-state index in [9.17, 15) is 9.59 Å². The smallest absolute Gasteiger partial charge is 0.244 e. The summed E-state index contributed by atoms with van der Waals surface area (Å²) in [7, 11) is 3.92. The van der Waals surface area contributed by atoms with E-state index in [1.165, 1.54) is 11.8 Å². The Labute approximate surface area is 149 Å². The summed E-state index contributed by atoms with van der Waals surface area (Å²) in [4.78, 5) is 27.9. The molecule has 0 aromatic heterocycles. The predicted octanol–water partition coefficient (Wildman–Crippen LogP) is 3.36. The summed E-state index contributed by atoms with van der Waals surface area (Å²) in [5.74, 6) is -0.391. The van der Waals surface area contributed by atoms with Gasteiger partial charge in [-0.1, -0.05) is 17.7 Å². The van der Waals surface area contributed by atoms with E-state index in [1.807, 2.05) is 75.3 Å². The average Bonchev–Trinajstić information content (AvgIpc) is 2.53. The normalized spacial score (nSPS) is 10.3. The van der Waals surface area contributed by atoms with E-state index in [1.54, 1.807) is 0 Å². The van der Waals surface area contributed by atoms with Gasteiger partial charge in [-0.3, -0.25) is 9.59 Å². The number of carbonyl (C=O) groups is 2. The minimum Gasteiger partial charge on any atom is -0.378 e. The van der Waals surface area contributed by atoms with Gasteiger partial charge >= 0.3 is 0 Å². The van der Waals surface area contributed by atoms with Crippen LogP contribution in [0.4, 0.5) is 17.1 Å². The molecule has 0 heterocycles. The molecule has 0 spiro atoms. The highest BCUT2D eigenvalue weighted by molar-refractivity contribution is 6.02. The second-order valence-electron chi connectivity index (χ2n) is 6.38. The summed E-state index contributed by atoms with van der Waals surface area (Å²) in [6.45, 7) is 5.39. The standard InChI is InChI=1S/C20H25N3O2/c1-14-6-11-19(15(2)12-14)23(16(3)24)13-20(25)21-17-7-9-18(10-8-17)22(4)5/h6-12H,13H2,1-5H3,(H,21,25). The first-order valence-corrected chi connectivity index (χ1v) is 8.20. The van der Waals surface area contributed by atoms with Gasteiger partial charge in [0.2, 0.25) is 11.8 Å². The van der Waals surface area contributed by atoms with Crippen molar-refractivity contribution in [3.05, 3.63) is 53.6 Å². The summed E-state index contributed by atoms with van der Waals surface area (Å²) in [5.41, 5.74) is 4.61. The van der Waals surface area contributed by atoms with Crippen molar-refractivity contribution in [2.75, 3.05) is 35.8 Å². The minimum atomic E-state index is -0.229. The van der Waals surface area contributed by atoms with Crippen molar-refractivity contribution in [1.29, 1.82) is 0 Å². The number of rotatable bonds is 5. The lowest BCUT2D eigenvalue weighted by Gasteiger charge is -2.23. The lowest BCUT2D eigenvalue weighted by Crippen LogP contribution is -2.37. The number of aryl methyl sites for hydroxylation is 2. The molecular formula is C20H25N3O2. The maximum Gasteiger partial charge on any atom is 0.244 e. The van der Waals surface area contributed by atoms with Gasteiger partial charge in [-0.15, -0.1) is 0 Å². The van der Waals surface area contributed by atoms with Crippen molar-refractivity contribution >= 4 is 28.9 Å². The lowest BCUT2D eigenvalue weighted by molar-refractivity contribution is -0.120. The highest BCUT2D eigenvalue weighted by atomic mass is 16.2. The van der Waals surface area contributed by atoms with Crippen LogP contribution in [0.2, 0.25) is 0 Å². The summed E-state index contributed by atoms with van der Waals surface area (Å²) >= 11 is 0. The molecule has 0 atom stereocenters. The van der Waals surface area contributed by atoms with E-state index >= 15 is 0 Å². The maximum absolute atomic E-state index is 12.4. The van der Waals surface area contributed by atoms with Crippen LogP contribution in [0, 0.1) is 13.8 Å². The number of benzene rings is 2. The second kappa shape index (κ2) is 7.83. The van der Waals surface area contributed by atoms with Crippen LogP contribution >= 0.6 is 0 Å². The van der Waals surface area contributed by atoms with Gasteiger partial charge in [0.25, 0.3) is 0 Å². The van der Waals surface area contributed by atoms with Crippen LogP contribution in [0.15, 0.2) is 42.5 Å². The van der Waals surface area contributed by atoms with Crippen molar-refractivity contribution in [3.8, 4) is 0 Å². The van der Waals surface area contributed by atoms with Crippen LogP contribution in [0.1, 0.15) is 18.1 Å². The Morgan fingerprint density at radius 3 is 2.16 bits per heavy atom. The Morgan fingerprint density at radius 2 is 1.64 bits per heavy atom. The van der Waals surface area contributed by atoms with E-state index in [4.69, 9.17) is 0 Å². The average molecular weight is 339 g/mol. The Morgan fingerprint density at radius 1 is 1.00 bits per heavy atom. The van der Waals surface area contributed by atoms with Crippen LogP contribution < -0.4 is 15.1 Å². The van der Waals surface area contributed by atoms with Gasteiger partial charge in [-0.25, -0.2) is 0 Å². The predicted molar refractivity (Wildman–Crippen MR) is 103 cm³/mol. The molecule has 2 amide bonds. The molecule has 2 aromatic carbocycles. The van der Waals surface area contributed by atoms with E-state index in [-0.39, 0.29) is 18.4 Å². The van der Waals surface area contributed by atoms with Gasteiger partial charge in [0, 0.05) is 38.1 Å². The summed E-state index contributed by atoms with van der Waals surface area (Å²) in [6.07, 6.45) is 0.